The van der Waals surface area contributed by atoms with Crippen LogP contribution in [0.2, 0.25) is 8.93 Å². The summed E-state index contributed by atoms with van der Waals surface area (Å²) in [6, 6.07) is 0. The molecule has 0 aliphatic rings. The molecule has 0 aliphatic heterocycles. The third-order valence-corrected chi connectivity index (χ3v) is 5.28. The average Bonchev–Trinajstić information content (AvgIpc) is 3.23. The van der Waals surface area contributed by atoms with Gasteiger partial charge in [-0.1, -0.05) is 33.6 Å². The van der Waals surface area contributed by atoms with Crippen LogP contribution in [0.1, 0.15) is 28.1 Å². The van der Waals surface area contributed by atoms with Gasteiger partial charge in [-0.05, 0) is 13.8 Å². The summed E-state index contributed by atoms with van der Waals surface area (Å²) in [6.45, 7) is 4.63. The molecular weight excluding hydrogens is 391 g/mol. The van der Waals surface area contributed by atoms with Crippen LogP contribution in [0.25, 0.3) is 0 Å². The Hall–Kier alpha value is -1.55. The first-order valence-corrected chi connectivity index (χ1v) is 9.19. The van der Waals surface area contributed by atoms with E-state index in [0.717, 1.165) is 15.4 Å². The quantitative estimate of drug-likeness (QED) is 0.462. The Bertz CT molecular complexity index is 872. The number of hydrogen-bond donors (Lipinski definition) is 0. The zero-order valence-electron chi connectivity index (χ0n) is 12.7. The van der Waals surface area contributed by atoms with Gasteiger partial charge in [0.05, 0.1) is 17.1 Å². The molecule has 3 rings (SSSR count). The Labute approximate surface area is 155 Å². The van der Waals surface area contributed by atoms with E-state index in [9.17, 15) is 0 Å². The molecule has 0 unspecified atom stereocenters. The molecule has 0 amide bonds. The number of rotatable bonds is 6. The predicted octanol–water partition coefficient (Wildman–Crippen LogP) is 3.80. The summed E-state index contributed by atoms with van der Waals surface area (Å²) in [4.78, 5) is 15.2. The standard InChI is InChI=1S/C13H12Cl2N6OS2/c1-7(19-22-6-10-4-17-13(15)24-10)11-8(2)21(20-18-11)5-9-3-16-12(14)23-9/h3-4H,5-6H2,1-2H3/b19-7-. The molecule has 0 saturated heterocycles. The van der Waals surface area contributed by atoms with Crippen LogP contribution in [0.3, 0.4) is 0 Å². The molecule has 24 heavy (non-hydrogen) atoms. The molecule has 0 radical (unpaired) electrons. The minimum Gasteiger partial charge on any atom is -0.390 e. The molecule has 7 nitrogen and oxygen atoms in total. The van der Waals surface area contributed by atoms with Gasteiger partial charge in [-0.3, -0.25) is 0 Å². The molecule has 0 aromatic carbocycles. The van der Waals surface area contributed by atoms with E-state index in [1.165, 1.54) is 22.7 Å². The first-order chi connectivity index (χ1) is 11.5. The summed E-state index contributed by atoms with van der Waals surface area (Å²) < 4.78 is 2.77. The zero-order chi connectivity index (χ0) is 17.1. The van der Waals surface area contributed by atoms with Gasteiger partial charge in [-0.25, -0.2) is 14.6 Å². The van der Waals surface area contributed by atoms with Gasteiger partial charge < -0.3 is 4.84 Å². The van der Waals surface area contributed by atoms with Crippen LogP contribution in [-0.4, -0.2) is 30.7 Å². The van der Waals surface area contributed by atoms with E-state index in [1.807, 2.05) is 13.8 Å². The van der Waals surface area contributed by atoms with Gasteiger partial charge in [0.15, 0.2) is 15.5 Å². The predicted molar refractivity (Wildman–Crippen MR) is 95.1 cm³/mol. The van der Waals surface area contributed by atoms with Crippen molar-refractivity contribution in [3.63, 3.8) is 0 Å². The molecule has 11 heteroatoms. The molecule has 0 N–H and O–H groups in total. The van der Waals surface area contributed by atoms with E-state index in [0.29, 0.717) is 33.5 Å². The van der Waals surface area contributed by atoms with Gasteiger partial charge in [0.2, 0.25) is 0 Å². The van der Waals surface area contributed by atoms with E-state index >= 15 is 0 Å². The second-order valence-electron chi connectivity index (χ2n) is 4.79. The number of thiazole rings is 2. The average molecular weight is 403 g/mol. The number of halogens is 2. The van der Waals surface area contributed by atoms with Gasteiger partial charge in [0, 0.05) is 17.3 Å². The molecule has 126 valence electrons. The van der Waals surface area contributed by atoms with E-state index in [2.05, 4.69) is 25.4 Å². The van der Waals surface area contributed by atoms with E-state index in [-0.39, 0.29) is 0 Å². The Morgan fingerprint density at radius 2 is 1.88 bits per heavy atom. The highest BCUT2D eigenvalue weighted by Crippen LogP contribution is 2.20. The van der Waals surface area contributed by atoms with E-state index < -0.39 is 0 Å². The maximum atomic E-state index is 5.85. The maximum absolute atomic E-state index is 5.85. The Balaban J connectivity index is 1.66. The summed E-state index contributed by atoms with van der Waals surface area (Å²) in [5.74, 6) is 0. The van der Waals surface area contributed by atoms with Crippen molar-refractivity contribution in [3.8, 4) is 0 Å². The van der Waals surface area contributed by atoms with Gasteiger partial charge in [0.1, 0.15) is 11.4 Å². The Kier molecular flexibility index (Phi) is 5.44. The minimum atomic E-state index is 0.314. The van der Waals surface area contributed by atoms with Crippen LogP contribution in [0.15, 0.2) is 17.5 Å². The Morgan fingerprint density at radius 3 is 2.50 bits per heavy atom. The molecule has 0 aliphatic carbocycles. The van der Waals surface area contributed by atoms with Crippen molar-refractivity contribution in [3.05, 3.63) is 42.5 Å². The van der Waals surface area contributed by atoms with Gasteiger partial charge in [0.25, 0.3) is 0 Å². The van der Waals surface area contributed by atoms with Gasteiger partial charge in [-0.2, -0.15) is 0 Å². The lowest BCUT2D eigenvalue weighted by Gasteiger charge is -2.02. The fourth-order valence-corrected chi connectivity index (χ4v) is 3.78. The first-order valence-electron chi connectivity index (χ1n) is 6.80. The molecule has 3 aromatic heterocycles. The third kappa shape index (κ3) is 4.10. The number of oxime groups is 1. The van der Waals surface area contributed by atoms with Crippen molar-refractivity contribution >= 4 is 51.6 Å². The second kappa shape index (κ2) is 7.56. The summed E-state index contributed by atoms with van der Waals surface area (Å²) in [5.41, 5.74) is 2.23. The second-order valence-corrected chi connectivity index (χ2v) is 8.18. The van der Waals surface area contributed by atoms with Gasteiger partial charge >= 0.3 is 0 Å². The fraction of sp³-hybridized carbons (Fsp3) is 0.308. The first kappa shape index (κ1) is 17.3. The topological polar surface area (TPSA) is 78.1 Å². The monoisotopic (exact) mass is 402 g/mol. The molecule has 0 bridgehead atoms. The van der Waals surface area contributed by atoms with Crippen LogP contribution in [-0.2, 0) is 18.0 Å². The van der Waals surface area contributed by atoms with Crippen LogP contribution in [0, 0.1) is 6.92 Å². The number of hydrogen-bond acceptors (Lipinski definition) is 8. The van der Waals surface area contributed by atoms with E-state index in [1.54, 1.807) is 17.1 Å². The normalized spacial score (nSPS) is 11.9. The number of aromatic nitrogens is 5. The highest BCUT2D eigenvalue weighted by atomic mass is 35.5. The summed E-state index contributed by atoms with van der Waals surface area (Å²) in [5, 5.41) is 12.4. The summed E-state index contributed by atoms with van der Waals surface area (Å²) in [6.07, 6.45) is 3.40. The lowest BCUT2D eigenvalue weighted by atomic mass is 10.2. The molecule has 0 fully saturated rings. The van der Waals surface area contributed by atoms with Crippen LogP contribution in [0.4, 0.5) is 0 Å². The largest absolute Gasteiger partial charge is 0.390 e. The highest BCUT2D eigenvalue weighted by Gasteiger charge is 2.13. The Morgan fingerprint density at radius 1 is 1.21 bits per heavy atom. The molecule has 0 atom stereocenters. The van der Waals surface area contributed by atoms with Gasteiger partial charge in [-0.15, -0.1) is 27.8 Å². The van der Waals surface area contributed by atoms with Crippen molar-refractivity contribution in [2.75, 3.05) is 0 Å². The SMILES string of the molecule is C/C(=N/OCc1cnc(Cl)s1)c1nnn(Cc2cnc(Cl)s2)c1C. The van der Waals surface area contributed by atoms with Crippen molar-refractivity contribution in [1.29, 1.82) is 0 Å². The van der Waals surface area contributed by atoms with E-state index in [4.69, 9.17) is 28.0 Å². The van der Waals surface area contributed by atoms with Crippen molar-refractivity contribution in [1.82, 2.24) is 25.0 Å². The van der Waals surface area contributed by atoms with Crippen LogP contribution < -0.4 is 0 Å². The molecule has 3 aromatic rings. The van der Waals surface area contributed by atoms with Crippen molar-refractivity contribution < 1.29 is 4.84 Å². The fourth-order valence-electron chi connectivity index (χ4n) is 1.94. The molecule has 0 saturated carbocycles. The van der Waals surface area contributed by atoms with Crippen molar-refractivity contribution in [2.45, 2.75) is 27.0 Å². The minimum absolute atomic E-state index is 0.314. The van der Waals surface area contributed by atoms with Crippen LogP contribution in [0.5, 0.6) is 0 Å². The lowest BCUT2D eigenvalue weighted by molar-refractivity contribution is 0.132. The number of nitrogens with zero attached hydrogens (tertiary/aromatic N) is 6. The molecule has 0 spiro atoms. The zero-order valence-corrected chi connectivity index (χ0v) is 15.9. The molecular formula is C13H12Cl2N6OS2. The summed E-state index contributed by atoms with van der Waals surface area (Å²) in [7, 11) is 0. The lowest BCUT2D eigenvalue weighted by Crippen LogP contribution is -2.04. The summed E-state index contributed by atoms with van der Waals surface area (Å²) >= 11 is 14.4. The van der Waals surface area contributed by atoms with Crippen molar-refractivity contribution in [2.24, 2.45) is 5.16 Å². The maximum Gasteiger partial charge on any atom is 0.183 e. The smallest absolute Gasteiger partial charge is 0.183 e. The highest BCUT2D eigenvalue weighted by molar-refractivity contribution is 7.16. The molecule has 3 heterocycles. The third-order valence-electron chi connectivity index (χ3n) is 3.09. The van der Waals surface area contributed by atoms with Crippen LogP contribution >= 0.6 is 45.9 Å².